The molecule has 0 radical (unpaired) electrons. The topological polar surface area (TPSA) is 26.3 Å². The van der Waals surface area contributed by atoms with E-state index in [2.05, 4.69) is 12.2 Å². The molecule has 0 heterocycles. The molecule has 1 fully saturated rings. The SMILES string of the molecule is O=C(OC1CC2C=CC1C2)C1C=CC=C1. The van der Waals surface area contributed by atoms with Crippen LogP contribution in [0.25, 0.3) is 0 Å². The minimum Gasteiger partial charge on any atom is -0.461 e. The Morgan fingerprint density at radius 3 is 2.47 bits per heavy atom. The van der Waals surface area contributed by atoms with Gasteiger partial charge in [0.15, 0.2) is 0 Å². The highest BCUT2D eigenvalue weighted by atomic mass is 16.5. The molecule has 2 bridgehead atoms. The van der Waals surface area contributed by atoms with Crippen LogP contribution in [0.5, 0.6) is 0 Å². The van der Waals surface area contributed by atoms with Crippen molar-refractivity contribution >= 4 is 5.97 Å². The van der Waals surface area contributed by atoms with E-state index in [1.54, 1.807) is 0 Å². The number of carbonyl (C=O) groups excluding carboxylic acids is 1. The van der Waals surface area contributed by atoms with Crippen LogP contribution >= 0.6 is 0 Å². The molecule has 3 unspecified atom stereocenters. The largest absolute Gasteiger partial charge is 0.461 e. The zero-order valence-corrected chi connectivity index (χ0v) is 8.50. The van der Waals surface area contributed by atoms with E-state index >= 15 is 0 Å². The van der Waals surface area contributed by atoms with Gasteiger partial charge in [-0.15, -0.1) is 0 Å². The third-order valence-electron chi connectivity index (χ3n) is 3.51. The van der Waals surface area contributed by atoms with Gasteiger partial charge in [-0.25, -0.2) is 0 Å². The van der Waals surface area contributed by atoms with Crippen LogP contribution in [0, 0.1) is 17.8 Å². The molecule has 2 nitrogen and oxygen atoms in total. The highest BCUT2D eigenvalue weighted by Crippen LogP contribution is 2.41. The molecule has 0 N–H and O–H groups in total. The average Bonchev–Trinajstić information content (AvgIpc) is 2.95. The summed E-state index contributed by atoms with van der Waals surface area (Å²) in [5, 5.41) is 0. The fourth-order valence-electron chi connectivity index (χ4n) is 2.68. The van der Waals surface area contributed by atoms with Gasteiger partial charge in [-0.3, -0.25) is 4.79 Å². The Balaban J connectivity index is 1.62. The second kappa shape index (κ2) is 3.37. The summed E-state index contributed by atoms with van der Waals surface area (Å²) in [7, 11) is 0. The van der Waals surface area contributed by atoms with E-state index in [0.717, 1.165) is 6.42 Å². The highest BCUT2D eigenvalue weighted by molar-refractivity contribution is 5.77. The van der Waals surface area contributed by atoms with Crippen LogP contribution in [0.2, 0.25) is 0 Å². The van der Waals surface area contributed by atoms with Gasteiger partial charge in [0.1, 0.15) is 6.10 Å². The second-order valence-electron chi connectivity index (χ2n) is 4.55. The summed E-state index contributed by atoms with van der Waals surface area (Å²) in [6.07, 6.45) is 14.3. The first-order valence-corrected chi connectivity index (χ1v) is 5.57. The number of allylic oxidation sites excluding steroid dienone is 3. The van der Waals surface area contributed by atoms with Crippen molar-refractivity contribution in [3.05, 3.63) is 36.5 Å². The van der Waals surface area contributed by atoms with Crippen LogP contribution in [0.15, 0.2) is 36.5 Å². The molecular formula is C13H14O2. The van der Waals surface area contributed by atoms with E-state index in [9.17, 15) is 4.79 Å². The fraction of sp³-hybridized carbons (Fsp3) is 0.462. The van der Waals surface area contributed by atoms with Crippen molar-refractivity contribution in [2.75, 3.05) is 0 Å². The Labute approximate surface area is 89.3 Å². The van der Waals surface area contributed by atoms with Gasteiger partial charge in [0.05, 0.1) is 5.92 Å². The van der Waals surface area contributed by atoms with Crippen molar-refractivity contribution in [3.63, 3.8) is 0 Å². The van der Waals surface area contributed by atoms with E-state index in [0.29, 0.717) is 11.8 Å². The minimum atomic E-state index is -0.145. The molecule has 3 aliphatic rings. The molecule has 0 spiro atoms. The summed E-state index contributed by atoms with van der Waals surface area (Å²) < 4.78 is 5.54. The normalized spacial score (nSPS) is 36.7. The Morgan fingerprint density at radius 1 is 1.07 bits per heavy atom. The lowest BCUT2D eigenvalue weighted by atomic mass is 10.0. The van der Waals surface area contributed by atoms with Crippen molar-refractivity contribution in [3.8, 4) is 0 Å². The average molecular weight is 202 g/mol. The van der Waals surface area contributed by atoms with Crippen molar-refractivity contribution < 1.29 is 9.53 Å². The van der Waals surface area contributed by atoms with Gasteiger partial charge in [-0.1, -0.05) is 36.5 Å². The first-order valence-electron chi connectivity index (χ1n) is 5.57. The first kappa shape index (κ1) is 8.96. The van der Waals surface area contributed by atoms with E-state index in [1.807, 2.05) is 24.3 Å². The molecule has 3 atom stereocenters. The lowest BCUT2D eigenvalue weighted by Gasteiger charge is -2.19. The summed E-state index contributed by atoms with van der Waals surface area (Å²) >= 11 is 0. The summed E-state index contributed by atoms with van der Waals surface area (Å²) in [5.41, 5.74) is 0. The molecule has 0 saturated heterocycles. The van der Waals surface area contributed by atoms with Crippen LogP contribution < -0.4 is 0 Å². The second-order valence-corrected chi connectivity index (χ2v) is 4.55. The molecule has 0 aromatic heterocycles. The third-order valence-corrected chi connectivity index (χ3v) is 3.51. The molecule has 78 valence electrons. The van der Waals surface area contributed by atoms with Gasteiger partial charge >= 0.3 is 5.97 Å². The molecular weight excluding hydrogens is 188 g/mol. The van der Waals surface area contributed by atoms with Gasteiger partial charge in [0.2, 0.25) is 0 Å². The summed E-state index contributed by atoms with van der Waals surface area (Å²) in [5.74, 6) is 0.898. The smallest absolute Gasteiger partial charge is 0.316 e. The molecule has 2 heteroatoms. The number of carbonyl (C=O) groups is 1. The number of rotatable bonds is 2. The lowest BCUT2D eigenvalue weighted by Crippen LogP contribution is -2.25. The van der Waals surface area contributed by atoms with Crippen LogP contribution in [-0.4, -0.2) is 12.1 Å². The summed E-state index contributed by atoms with van der Waals surface area (Å²) in [4.78, 5) is 11.7. The molecule has 3 aliphatic carbocycles. The fourth-order valence-corrected chi connectivity index (χ4v) is 2.68. The zero-order chi connectivity index (χ0) is 10.3. The first-order chi connectivity index (χ1) is 7.33. The number of fused-ring (bicyclic) bond motifs is 2. The van der Waals surface area contributed by atoms with Gasteiger partial charge in [0, 0.05) is 5.92 Å². The minimum absolute atomic E-state index is 0.0917. The van der Waals surface area contributed by atoms with E-state index in [-0.39, 0.29) is 18.0 Å². The van der Waals surface area contributed by atoms with E-state index < -0.39 is 0 Å². The van der Waals surface area contributed by atoms with Crippen molar-refractivity contribution in [1.82, 2.24) is 0 Å². The number of esters is 1. The Morgan fingerprint density at radius 2 is 1.87 bits per heavy atom. The molecule has 15 heavy (non-hydrogen) atoms. The quantitative estimate of drug-likeness (QED) is 0.507. The van der Waals surface area contributed by atoms with Crippen molar-refractivity contribution in [2.45, 2.75) is 18.9 Å². The zero-order valence-electron chi connectivity index (χ0n) is 8.50. The number of hydrogen-bond donors (Lipinski definition) is 0. The Hall–Kier alpha value is -1.31. The summed E-state index contributed by atoms with van der Waals surface area (Å²) in [6.45, 7) is 0. The molecule has 0 amide bonds. The van der Waals surface area contributed by atoms with Gasteiger partial charge in [0.25, 0.3) is 0 Å². The Bertz CT molecular complexity index is 353. The van der Waals surface area contributed by atoms with Crippen molar-refractivity contribution in [1.29, 1.82) is 0 Å². The number of ether oxygens (including phenoxy) is 1. The predicted octanol–water partition coefficient (Wildman–Crippen LogP) is 2.24. The maximum atomic E-state index is 11.7. The molecule has 0 aromatic carbocycles. The molecule has 1 saturated carbocycles. The lowest BCUT2D eigenvalue weighted by molar-refractivity contribution is -0.151. The van der Waals surface area contributed by atoms with E-state index in [1.165, 1.54) is 6.42 Å². The monoisotopic (exact) mass is 202 g/mol. The Kier molecular flexibility index (Phi) is 2.01. The van der Waals surface area contributed by atoms with Crippen molar-refractivity contribution in [2.24, 2.45) is 17.8 Å². The van der Waals surface area contributed by atoms with Crippen LogP contribution in [-0.2, 0) is 9.53 Å². The maximum Gasteiger partial charge on any atom is 0.316 e. The maximum absolute atomic E-state index is 11.7. The third kappa shape index (κ3) is 1.54. The van der Waals surface area contributed by atoms with Crippen LogP contribution in [0.1, 0.15) is 12.8 Å². The predicted molar refractivity (Wildman–Crippen MR) is 57.0 cm³/mol. The van der Waals surface area contributed by atoms with Gasteiger partial charge in [-0.2, -0.15) is 0 Å². The van der Waals surface area contributed by atoms with E-state index in [4.69, 9.17) is 4.74 Å². The standard InChI is InChI=1S/C13H14O2/c14-13(10-3-1-2-4-10)15-12-8-9-5-6-11(12)7-9/h1-6,9-12H,7-8H2. The van der Waals surface area contributed by atoms with Crippen LogP contribution in [0.3, 0.4) is 0 Å². The van der Waals surface area contributed by atoms with Gasteiger partial charge < -0.3 is 4.74 Å². The summed E-state index contributed by atoms with van der Waals surface area (Å²) in [6, 6.07) is 0. The number of hydrogen-bond acceptors (Lipinski definition) is 2. The molecule has 3 rings (SSSR count). The van der Waals surface area contributed by atoms with Crippen LogP contribution in [0.4, 0.5) is 0 Å². The molecule has 0 aliphatic heterocycles. The van der Waals surface area contributed by atoms with Gasteiger partial charge in [-0.05, 0) is 18.8 Å². The molecule has 0 aromatic rings. The highest BCUT2D eigenvalue weighted by Gasteiger charge is 2.38.